The van der Waals surface area contributed by atoms with Crippen molar-refractivity contribution in [3.63, 3.8) is 0 Å². The van der Waals surface area contributed by atoms with Crippen LogP contribution in [0.1, 0.15) is 19.8 Å². The van der Waals surface area contributed by atoms with E-state index in [4.69, 9.17) is 0 Å². The van der Waals surface area contributed by atoms with Crippen LogP contribution in [0.2, 0.25) is 0 Å². The van der Waals surface area contributed by atoms with Gasteiger partial charge in [0, 0.05) is 13.1 Å². The third-order valence-corrected chi connectivity index (χ3v) is 2.68. The van der Waals surface area contributed by atoms with Crippen molar-refractivity contribution < 1.29 is 0 Å². The highest BCUT2D eigenvalue weighted by atomic mass is 15.2. The zero-order chi connectivity index (χ0) is 6.27. The molecule has 2 bridgehead atoms. The molecule has 2 heterocycles. The first-order valence-electron chi connectivity index (χ1n) is 4.07. The summed E-state index contributed by atoms with van der Waals surface area (Å²) in [5, 5.41) is 0. The fraction of sp³-hybridized carbons (Fsp3) is 1.00. The van der Waals surface area contributed by atoms with E-state index in [-0.39, 0.29) is 0 Å². The molecule has 2 aliphatic heterocycles. The summed E-state index contributed by atoms with van der Waals surface area (Å²) in [7, 11) is 0. The van der Waals surface area contributed by atoms with Crippen LogP contribution in [0.3, 0.4) is 0 Å². The molecular formula is C8H15N. The van der Waals surface area contributed by atoms with Crippen LogP contribution in [0, 0.1) is 11.8 Å². The largest absolute Gasteiger partial charge is 0.303 e. The first kappa shape index (κ1) is 5.72. The maximum absolute atomic E-state index is 2.61. The van der Waals surface area contributed by atoms with Crippen molar-refractivity contribution in [1.29, 1.82) is 0 Å². The highest BCUT2D eigenvalue weighted by Crippen LogP contribution is 2.29. The molecule has 0 spiro atoms. The third kappa shape index (κ3) is 0.983. The molecule has 0 aromatic carbocycles. The fourth-order valence-corrected chi connectivity index (χ4v) is 2.36. The quantitative estimate of drug-likeness (QED) is 0.472. The summed E-state index contributed by atoms with van der Waals surface area (Å²) in [6, 6.07) is 0. The highest BCUT2D eigenvalue weighted by Gasteiger charge is 2.29. The molecule has 0 saturated carbocycles. The topological polar surface area (TPSA) is 3.24 Å². The minimum absolute atomic E-state index is 0.978. The Morgan fingerprint density at radius 1 is 1.33 bits per heavy atom. The molecule has 52 valence electrons. The van der Waals surface area contributed by atoms with Crippen LogP contribution in [0.4, 0.5) is 0 Å². The van der Waals surface area contributed by atoms with Gasteiger partial charge in [-0.1, -0.05) is 6.92 Å². The Kier molecular flexibility index (Phi) is 1.26. The maximum Gasteiger partial charge on any atom is 0.00104 e. The molecule has 2 fully saturated rings. The van der Waals surface area contributed by atoms with Crippen LogP contribution in [0.5, 0.6) is 0 Å². The number of hydrogen-bond donors (Lipinski definition) is 0. The van der Waals surface area contributed by atoms with Gasteiger partial charge in [-0.2, -0.15) is 0 Å². The molecule has 0 amide bonds. The average molecular weight is 125 g/mol. The highest BCUT2D eigenvalue weighted by molar-refractivity contribution is 4.83. The van der Waals surface area contributed by atoms with E-state index in [9.17, 15) is 0 Å². The molecule has 0 aromatic heterocycles. The van der Waals surface area contributed by atoms with Crippen molar-refractivity contribution >= 4 is 0 Å². The van der Waals surface area contributed by atoms with Crippen LogP contribution >= 0.6 is 0 Å². The Morgan fingerprint density at radius 3 is 3.00 bits per heavy atom. The van der Waals surface area contributed by atoms with Gasteiger partial charge in [0.25, 0.3) is 0 Å². The van der Waals surface area contributed by atoms with Gasteiger partial charge in [-0.25, -0.2) is 0 Å². The first-order valence-corrected chi connectivity index (χ1v) is 4.07. The zero-order valence-electron chi connectivity index (χ0n) is 6.14. The molecule has 0 aliphatic carbocycles. The second-order valence-electron chi connectivity index (χ2n) is 3.76. The Morgan fingerprint density at radius 2 is 2.22 bits per heavy atom. The summed E-state index contributed by atoms with van der Waals surface area (Å²) in [5.41, 5.74) is 0. The van der Waals surface area contributed by atoms with E-state index in [1.807, 2.05) is 0 Å². The normalized spacial score (nSPS) is 49.7. The molecule has 2 aliphatic rings. The standard InChI is InChI=1S/C8H15N/c1-7-4-8-2-3-9(5-7)6-8/h7-8H,2-6H2,1H3/t7-,8-/m1/s1. The predicted molar refractivity (Wildman–Crippen MR) is 38.3 cm³/mol. The van der Waals surface area contributed by atoms with Gasteiger partial charge in [-0.3, -0.25) is 0 Å². The van der Waals surface area contributed by atoms with Gasteiger partial charge in [0.1, 0.15) is 0 Å². The van der Waals surface area contributed by atoms with Gasteiger partial charge < -0.3 is 4.90 Å². The van der Waals surface area contributed by atoms with Gasteiger partial charge in [-0.05, 0) is 31.2 Å². The van der Waals surface area contributed by atoms with Crippen molar-refractivity contribution in [1.82, 2.24) is 4.90 Å². The van der Waals surface area contributed by atoms with E-state index >= 15 is 0 Å². The SMILES string of the molecule is C[C@@H]1C[C@H]2CCN(C1)C2. The number of hydrogen-bond acceptors (Lipinski definition) is 1. The lowest BCUT2D eigenvalue weighted by Crippen LogP contribution is -2.31. The second kappa shape index (κ2) is 1.98. The summed E-state index contributed by atoms with van der Waals surface area (Å²) in [6.07, 6.45) is 2.97. The van der Waals surface area contributed by atoms with Gasteiger partial charge in [0.2, 0.25) is 0 Å². The summed E-state index contributed by atoms with van der Waals surface area (Å²) in [6.45, 7) is 6.54. The molecule has 9 heavy (non-hydrogen) atoms. The maximum atomic E-state index is 2.61. The van der Waals surface area contributed by atoms with Crippen LogP contribution in [-0.2, 0) is 0 Å². The fourth-order valence-electron chi connectivity index (χ4n) is 2.36. The van der Waals surface area contributed by atoms with Gasteiger partial charge in [0.05, 0.1) is 0 Å². The smallest absolute Gasteiger partial charge is 0.00104 e. The molecule has 0 aromatic rings. The lowest BCUT2D eigenvalue weighted by molar-refractivity contribution is 0.213. The summed E-state index contributed by atoms with van der Waals surface area (Å²) >= 11 is 0. The number of rotatable bonds is 0. The van der Waals surface area contributed by atoms with E-state index in [1.54, 1.807) is 0 Å². The molecule has 1 heteroatoms. The molecule has 0 radical (unpaired) electrons. The molecule has 1 nitrogen and oxygen atoms in total. The summed E-state index contributed by atoms with van der Waals surface area (Å²) < 4.78 is 0. The van der Waals surface area contributed by atoms with Crippen LogP contribution < -0.4 is 0 Å². The molecule has 1 unspecified atom stereocenters. The molecule has 3 atom stereocenters. The van der Waals surface area contributed by atoms with Crippen LogP contribution in [0.25, 0.3) is 0 Å². The van der Waals surface area contributed by atoms with E-state index < -0.39 is 0 Å². The van der Waals surface area contributed by atoms with Crippen molar-refractivity contribution in [2.75, 3.05) is 19.6 Å². The molecular weight excluding hydrogens is 110 g/mol. The first-order chi connectivity index (χ1) is 4.34. The van der Waals surface area contributed by atoms with Crippen molar-refractivity contribution in [2.45, 2.75) is 19.8 Å². The van der Waals surface area contributed by atoms with Gasteiger partial charge in [-0.15, -0.1) is 0 Å². The summed E-state index contributed by atoms with van der Waals surface area (Å²) in [4.78, 5) is 2.61. The van der Waals surface area contributed by atoms with E-state index in [0.29, 0.717) is 0 Å². The Balaban J connectivity index is 2.03. The zero-order valence-corrected chi connectivity index (χ0v) is 6.14. The average Bonchev–Trinajstić information content (AvgIpc) is 2.11. The van der Waals surface area contributed by atoms with E-state index in [0.717, 1.165) is 11.8 Å². The lowest BCUT2D eigenvalue weighted by Gasteiger charge is -2.26. The van der Waals surface area contributed by atoms with E-state index in [2.05, 4.69) is 11.8 Å². The number of fused-ring (bicyclic) bond motifs is 2. The van der Waals surface area contributed by atoms with Crippen LogP contribution in [-0.4, -0.2) is 24.5 Å². The monoisotopic (exact) mass is 125 g/mol. The Hall–Kier alpha value is -0.0400. The van der Waals surface area contributed by atoms with Crippen molar-refractivity contribution in [3.05, 3.63) is 0 Å². The lowest BCUT2D eigenvalue weighted by atomic mass is 9.93. The van der Waals surface area contributed by atoms with Gasteiger partial charge in [0.15, 0.2) is 0 Å². The molecule has 2 saturated heterocycles. The van der Waals surface area contributed by atoms with Crippen LogP contribution in [0.15, 0.2) is 0 Å². The third-order valence-electron chi connectivity index (χ3n) is 2.68. The van der Waals surface area contributed by atoms with Crippen molar-refractivity contribution in [3.8, 4) is 0 Å². The Labute approximate surface area is 57.0 Å². The number of piperidine rings is 1. The minimum atomic E-state index is 0.978. The molecule has 0 N–H and O–H groups in total. The second-order valence-corrected chi connectivity index (χ2v) is 3.76. The van der Waals surface area contributed by atoms with Gasteiger partial charge >= 0.3 is 0 Å². The van der Waals surface area contributed by atoms with E-state index in [1.165, 1.54) is 32.5 Å². The summed E-state index contributed by atoms with van der Waals surface area (Å²) in [5.74, 6) is 2.04. The van der Waals surface area contributed by atoms with Crippen molar-refractivity contribution in [2.24, 2.45) is 11.8 Å². The molecule has 2 rings (SSSR count). The minimum Gasteiger partial charge on any atom is -0.303 e. The number of nitrogens with zero attached hydrogens (tertiary/aromatic N) is 1. The Bertz CT molecular complexity index is 99.1. The predicted octanol–water partition coefficient (Wildman–Crippen LogP) is 1.35.